The molecule has 2 atom stereocenters. The average Bonchev–Trinajstić information content (AvgIpc) is 2.84. The van der Waals surface area contributed by atoms with E-state index in [1.165, 1.54) is 42.4 Å². The van der Waals surface area contributed by atoms with E-state index in [-0.39, 0.29) is 0 Å². The van der Waals surface area contributed by atoms with E-state index < -0.39 is 0 Å². The zero-order valence-electron chi connectivity index (χ0n) is 16.2. The maximum Gasteiger partial charge on any atom is 0.170 e. The number of anilines is 1. The standard InChI is InChI=1S/C23H29N3S/c1-16-10-17(2)12-19(11-16)24-23(27)25-20-13-21-8-9-22(14-20)26(21)15-18-6-4-3-5-7-18/h3-7,10-12,20-22H,8-9,13-15H2,1-2H3,(H2,24,25,27)/t21-,22-/m1/s1. The fraction of sp³-hybridized carbons (Fsp3) is 0.435. The molecular weight excluding hydrogens is 350 g/mol. The number of thiocarbonyl (C=S) groups is 1. The zero-order chi connectivity index (χ0) is 18.8. The summed E-state index contributed by atoms with van der Waals surface area (Å²) in [6.07, 6.45) is 4.98. The fourth-order valence-electron chi connectivity index (χ4n) is 4.84. The molecule has 0 unspecified atom stereocenters. The van der Waals surface area contributed by atoms with Crippen molar-refractivity contribution in [1.29, 1.82) is 0 Å². The van der Waals surface area contributed by atoms with Gasteiger partial charge in [0.2, 0.25) is 0 Å². The van der Waals surface area contributed by atoms with Crippen LogP contribution in [0.5, 0.6) is 0 Å². The number of nitrogens with zero attached hydrogens (tertiary/aromatic N) is 1. The van der Waals surface area contributed by atoms with Crippen molar-refractivity contribution in [2.24, 2.45) is 0 Å². The Morgan fingerprint density at radius 1 is 1.00 bits per heavy atom. The van der Waals surface area contributed by atoms with Crippen molar-refractivity contribution in [3.05, 3.63) is 65.2 Å². The van der Waals surface area contributed by atoms with Crippen molar-refractivity contribution in [1.82, 2.24) is 10.2 Å². The number of aryl methyl sites for hydroxylation is 2. The first kappa shape index (κ1) is 18.5. The molecule has 2 saturated heterocycles. The van der Waals surface area contributed by atoms with E-state index in [4.69, 9.17) is 12.2 Å². The Labute approximate surface area is 168 Å². The van der Waals surface area contributed by atoms with Crippen LogP contribution >= 0.6 is 12.2 Å². The minimum absolute atomic E-state index is 0.473. The van der Waals surface area contributed by atoms with Crippen LogP contribution in [0, 0.1) is 13.8 Å². The summed E-state index contributed by atoms with van der Waals surface area (Å²) in [5.74, 6) is 0. The van der Waals surface area contributed by atoms with Crippen LogP contribution in [0.4, 0.5) is 5.69 Å². The van der Waals surface area contributed by atoms with E-state index in [9.17, 15) is 0 Å². The van der Waals surface area contributed by atoms with Gasteiger partial charge >= 0.3 is 0 Å². The Hall–Kier alpha value is -1.91. The second-order valence-corrected chi connectivity index (χ2v) is 8.59. The molecular formula is C23H29N3S. The van der Waals surface area contributed by atoms with Crippen molar-refractivity contribution in [2.45, 2.75) is 64.2 Å². The largest absolute Gasteiger partial charge is 0.360 e. The highest BCUT2D eigenvalue weighted by atomic mass is 32.1. The van der Waals surface area contributed by atoms with E-state index in [0.29, 0.717) is 18.1 Å². The van der Waals surface area contributed by atoms with Gasteiger partial charge in [0.15, 0.2) is 5.11 Å². The molecule has 0 aromatic heterocycles. The van der Waals surface area contributed by atoms with Crippen LogP contribution in [0.3, 0.4) is 0 Å². The maximum absolute atomic E-state index is 5.60. The first-order chi connectivity index (χ1) is 13.1. The van der Waals surface area contributed by atoms with Crippen molar-refractivity contribution < 1.29 is 0 Å². The lowest BCUT2D eigenvalue weighted by Crippen LogP contribution is -2.50. The minimum Gasteiger partial charge on any atom is -0.360 e. The lowest BCUT2D eigenvalue weighted by Gasteiger charge is -2.39. The number of fused-ring (bicyclic) bond motifs is 2. The SMILES string of the molecule is Cc1cc(C)cc(NC(=S)NC2C[C@H]3CC[C@H](C2)N3Cc2ccccc2)c1. The average molecular weight is 380 g/mol. The second kappa shape index (κ2) is 7.99. The molecule has 2 heterocycles. The Morgan fingerprint density at radius 2 is 1.63 bits per heavy atom. The predicted molar refractivity (Wildman–Crippen MR) is 117 cm³/mol. The predicted octanol–water partition coefficient (Wildman–Crippen LogP) is 4.79. The van der Waals surface area contributed by atoms with Crippen LogP contribution in [0.1, 0.15) is 42.4 Å². The van der Waals surface area contributed by atoms with Gasteiger partial charge in [0.05, 0.1) is 0 Å². The highest BCUT2D eigenvalue weighted by Gasteiger charge is 2.40. The third-order valence-corrected chi connectivity index (χ3v) is 6.13. The summed E-state index contributed by atoms with van der Waals surface area (Å²) >= 11 is 5.60. The van der Waals surface area contributed by atoms with Gasteiger partial charge in [-0.05, 0) is 80.6 Å². The first-order valence-corrected chi connectivity index (χ1v) is 10.4. The number of benzene rings is 2. The molecule has 4 rings (SSSR count). The van der Waals surface area contributed by atoms with Gasteiger partial charge in [-0.1, -0.05) is 36.4 Å². The molecule has 2 aliphatic heterocycles. The van der Waals surface area contributed by atoms with Crippen molar-refractivity contribution in [3.63, 3.8) is 0 Å². The summed E-state index contributed by atoms with van der Waals surface area (Å²) in [6, 6.07) is 19.2. The van der Waals surface area contributed by atoms with Crippen LogP contribution < -0.4 is 10.6 Å². The van der Waals surface area contributed by atoms with E-state index >= 15 is 0 Å². The van der Waals surface area contributed by atoms with Gasteiger partial charge in [-0.3, -0.25) is 4.90 Å². The molecule has 142 valence electrons. The van der Waals surface area contributed by atoms with E-state index in [0.717, 1.165) is 17.3 Å². The third-order valence-electron chi connectivity index (χ3n) is 5.91. The Balaban J connectivity index is 1.33. The summed E-state index contributed by atoms with van der Waals surface area (Å²) in [4.78, 5) is 2.72. The second-order valence-electron chi connectivity index (χ2n) is 8.19. The van der Waals surface area contributed by atoms with Crippen LogP contribution in [-0.4, -0.2) is 28.1 Å². The van der Waals surface area contributed by atoms with Crippen molar-refractivity contribution >= 4 is 23.0 Å². The fourth-order valence-corrected chi connectivity index (χ4v) is 5.13. The van der Waals surface area contributed by atoms with Gasteiger partial charge in [-0.2, -0.15) is 0 Å². The first-order valence-electron chi connectivity index (χ1n) is 10.0. The van der Waals surface area contributed by atoms with Crippen LogP contribution in [-0.2, 0) is 6.54 Å². The smallest absolute Gasteiger partial charge is 0.170 e. The molecule has 2 aromatic carbocycles. The molecule has 2 aromatic rings. The summed E-state index contributed by atoms with van der Waals surface area (Å²) in [6.45, 7) is 5.32. The van der Waals surface area contributed by atoms with E-state index in [2.05, 4.69) is 77.9 Å². The van der Waals surface area contributed by atoms with Gasteiger partial charge in [0, 0.05) is 30.4 Å². The summed E-state index contributed by atoms with van der Waals surface area (Å²) in [5, 5.41) is 7.71. The van der Waals surface area contributed by atoms with Crippen LogP contribution in [0.15, 0.2) is 48.5 Å². The normalized spacial score (nSPS) is 24.6. The van der Waals surface area contributed by atoms with Crippen LogP contribution in [0.2, 0.25) is 0 Å². The highest BCUT2D eigenvalue weighted by Crippen LogP contribution is 2.36. The molecule has 3 nitrogen and oxygen atoms in total. The van der Waals surface area contributed by atoms with E-state index in [1.807, 2.05) is 0 Å². The van der Waals surface area contributed by atoms with Gasteiger partial charge in [0.25, 0.3) is 0 Å². The van der Waals surface area contributed by atoms with E-state index in [1.54, 1.807) is 0 Å². The molecule has 0 aliphatic carbocycles. The van der Waals surface area contributed by atoms with Gasteiger partial charge in [0.1, 0.15) is 0 Å². The summed E-state index contributed by atoms with van der Waals surface area (Å²) in [5.41, 5.74) is 5.02. The number of rotatable bonds is 4. The zero-order valence-corrected chi connectivity index (χ0v) is 17.1. The van der Waals surface area contributed by atoms with Crippen LogP contribution in [0.25, 0.3) is 0 Å². The maximum atomic E-state index is 5.60. The van der Waals surface area contributed by atoms with Crippen molar-refractivity contribution in [2.75, 3.05) is 5.32 Å². The number of piperidine rings is 1. The van der Waals surface area contributed by atoms with Crippen molar-refractivity contribution in [3.8, 4) is 0 Å². The molecule has 0 radical (unpaired) electrons. The third kappa shape index (κ3) is 4.50. The van der Waals surface area contributed by atoms with Gasteiger partial charge < -0.3 is 10.6 Å². The monoisotopic (exact) mass is 379 g/mol. The molecule has 0 spiro atoms. The number of nitrogens with one attached hydrogen (secondary N) is 2. The molecule has 27 heavy (non-hydrogen) atoms. The lowest BCUT2D eigenvalue weighted by molar-refractivity contribution is 0.115. The van der Waals surface area contributed by atoms with Gasteiger partial charge in [-0.25, -0.2) is 0 Å². The Bertz CT molecular complexity index is 770. The molecule has 4 heteroatoms. The highest BCUT2D eigenvalue weighted by molar-refractivity contribution is 7.80. The quantitative estimate of drug-likeness (QED) is 0.747. The number of hydrogen-bond acceptors (Lipinski definition) is 2. The molecule has 0 saturated carbocycles. The minimum atomic E-state index is 0.473. The topological polar surface area (TPSA) is 27.3 Å². The Morgan fingerprint density at radius 3 is 2.26 bits per heavy atom. The summed E-state index contributed by atoms with van der Waals surface area (Å²) in [7, 11) is 0. The molecule has 2 N–H and O–H groups in total. The number of hydrogen-bond donors (Lipinski definition) is 2. The molecule has 2 fully saturated rings. The molecule has 2 bridgehead atoms. The molecule has 2 aliphatic rings. The van der Waals surface area contributed by atoms with Gasteiger partial charge in [-0.15, -0.1) is 0 Å². The molecule has 0 amide bonds. The summed E-state index contributed by atoms with van der Waals surface area (Å²) < 4.78 is 0. The lowest BCUT2D eigenvalue weighted by atomic mass is 9.96. The Kier molecular flexibility index (Phi) is 5.46.